The molecule has 1 unspecified atom stereocenters. The number of hydrogen-bond acceptors (Lipinski definition) is 6. The first-order valence-corrected chi connectivity index (χ1v) is 35.9. The molecule has 0 saturated heterocycles. The predicted molar refractivity (Wildman–Crippen MR) is 436 cm³/mol. The number of benzene rings is 15. The first kappa shape index (κ1) is 62.4. The van der Waals surface area contributed by atoms with Crippen molar-refractivity contribution < 1.29 is 0 Å². The highest BCUT2D eigenvalue weighted by Gasteiger charge is 2.28. The van der Waals surface area contributed by atoms with Gasteiger partial charge >= 0.3 is 0 Å². The highest BCUT2D eigenvalue weighted by molar-refractivity contribution is 7.26. The molecule has 105 heavy (non-hydrogen) atoms. The van der Waals surface area contributed by atoms with Crippen LogP contribution in [0.5, 0.6) is 0 Å². The number of para-hydroxylation sites is 2. The standard InChI is InChI=1S/C96H63N8P/c105-96-101-93(68-40-20-7-21-41-68)100-95(102-96)80-49-27-47-78(90(80)104-87-56-52-71(64-32-12-3-13-33-64)60-83(87)84-61-72(53-57-88(84)104)65-34-14-4-15-35-65)76-45-25-23-43-74(76)73-42-22-24-44-75(73)77-46-26-48-79(94-98-91(66-36-16-5-17-37-66)97-92(99-94)67-38-18-6-19-39-67)89(77)103-85-54-50-69(62-28-8-1-9-29-62)58-81(85)82-59-70(51-55-86(82)103)63-30-10-2-11-31-63/h1-61H,105H2. The van der Waals surface area contributed by atoms with Crippen LogP contribution in [0.3, 0.4) is 0 Å². The van der Waals surface area contributed by atoms with E-state index in [4.69, 9.17) is 29.9 Å². The maximum Gasteiger partial charge on any atom is 0.166 e. The molecule has 4 heterocycles. The van der Waals surface area contributed by atoms with Crippen LogP contribution in [0.15, 0.2) is 370 Å². The average Bonchev–Trinajstić information content (AvgIpc) is 1.69. The van der Waals surface area contributed by atoms with Gasteiger partial charge in [0.05, 0.1) is 33.4 Å². The number of nitrogens with zero attached hydrogens (tertiary/aromatic N) is 8. The lowest BCUT2D eigenvalue weighted by Gasteiger charge is -2.23. The highest BCUT2D eigenvalue weighted by atomic mass is 31.0. The van der Waals surface area contributed by atoms with E-state index in [2.05, 4.69) is 334 Å². The number of aromatic nitrogens is 8. The van der Waals surface area contributed by atoms with Gasteiger partial charge in [0.1, 0.15) is 5.57 Å². The van der Waals surface area contributed by atoms with E-state index < -0.39 is 0 Å². The van der Waals surface area contributed by atoms with Gasteiger partial charge in [-0.2, -0.15) is 0 Å². The van der Waals surface area contributed by atoms with Crippen LogP contribution in [0.25, 0.3) is 190 Å². The van der Waals surface area contributed by atoms with Gasteiger partial charge in [-0.3, -0.25) is 0 Å². The molecular weight excluding hydrogens is 1300 g/mol. The largest absolute Gasteiger partial charge is 0.308 e. The Kier molecular flexibility index (Phi) is 15.9. The van der Waals surface area contributed by atoms with Crippen molar-refractivity contribution in [2.45, 2.75) is 0 Å². The zero-order chi connectivity index (χ0) is 69.7. The quantitative estimate of drug-likeness (QED) is 0.101. The molecule has 0 spiro atoms. The van der Waals surface area contributed by atoms with Crippen molar-refractivity contribution in [1.82, 2.24) is 39.0 Å². The molecule has 0 fully saturated rings. The Morgan fingerprint density at radius 3 is 0.695 bits per heavy atom. The van der Waals surface area contributed by atoms with E-state index in [0.29, 0.717) is 34.7 Å². The van der Waals surface area contributed by atoms with E-state index >= 15 is 0 Å². The molecule has 8 nitrogen and oxygen atoms in total. The minimum absolute atomic E-state index is 0.533. The Hall–Kier alpha value is -13.7. The fourth-order valence-corrected chi connectivity index (χ4v) is 15.4. The van der Waals surface area contributed by atoms with Gasteiger partial charge in [-0.15, -0.1) is 0 Å². The fourth-order valence-electron chi connectivity index (χ4n) is 15.2. The minimum Gasteiger partial charge on any atom is -0.308 e. The van der Waals surface area contributed by atoms with Gasteiger partial charge in [-0.25, -0.2) is 29.9 Å². The van der Waals surface area contributed by atoms with Gasteiger partial charge in [-0.1, -0.05) is 319 Å². The van der Waals surface area contributed by atoms with E-state index in [1.165, 1.54) is 0 Å². The number of hydrogen-bond donors (Lipinski definition) is 0. The Labute approximate surface area is 609 Å². The third-order valence-electron chi connectivity index (χ3n) is 20.1. The second-order valence-corrected chi connectivity index (χ2v) is 26.8. The number of fused-ring (bicyclic) bond motifs is 6. The van der Waals surface area contributed by atoms with Gasteiger partial charge in [0.15, 0.2) is 29.1 Å². The smallest absolute Gasteiger partial charge is 0.166 e. The van der Waals surface area contributed by atoms with Gasteiger partial charge < -0.3 is 9.13 Å². The molecule has 0 aliphatic carbocycles. The van der Waals surface area contributed by atoms with Crippen molar-refractivity contribution in [3.63, 3.8) is 0 Å². The average molecular weight is 1360 g/mol. The van der Waals surface area contributed by atoms with E-state index in [9.17, 15) is 0 Å². The van der Waals surface area contributed by atoms with E-state index in [0.717, 1.165) is 161 Å². The van der Waals surface area contributed by atoms with Gasteiger partial charge in [0.2, 0.25) is 0 Å². The summed E-state index contributed by atoms with van der Waals surface area (Å²) in [5.41, 5.74) is 25.9. The lowest BCUT2D eigenvalue weighted by atomic mass is 9.87. The maximum absolute atomic E-state index is 5.53. The van der Waals surface area contributed by atoms with Crippen molar-refractivity contribution in [3.8, 4) is 146 Å². The summed E-state index contributed by atoms with van der Waals surface area (Å²) in [6, 6.07) is 132. The van der Waals surface area contributed by atoms with Crippen molar-refractivity contribution >= 4 is 58.4 Å². The molecule has 0 radical (unpaired) electrons. The summed E-state index contributed by atoms with van der Waals surface area (Å²) in [5.74, 6) is 2.81. The van der Waals surface area contributed by atoms with E-state index in [1.807, 2.05) is 54.6 Å². The minimum atomic E-state index is 0.533. The topological polar surface area (TPSA) is 87.2 Å². The summed E-state index contributed by atoms with van der Waals surface area (Å²) < 4.78 is 4.92. The molecule has 0 aliphatic rings. The van der Waals surface area contributed by atoms with Crippen LogP contribution in [0, 0.1) is 0 Å². The third kappa shape index (κ3) is 11.4. The van der Waals surface area contributed by atoms with E-state index in [1.54, 1.807) is 0 Å². The molecule has 15 aromatic carbocycles. The third-order valence-corrected chi connectivity index (χ3v) is 20.3. The Morgan fingerprint density at radius 2 is 0.390 bits per heavy atom. The zero-order valence-electron chi connectivity index (χ0n) is 56.9. The molecule has 0 N–H and O–H groups in total. The molecule has 19 aromatic rings. The maximum atomic E-state index is 5.53. The molecule has 9 heteroatoms. The lowest BCUT2D eigenvalue weighted by molar-refractivity contribution is 1.06. The van der Waals surface area contributed by atoms with Gasteiger partial charge in [0.25, 0.3) is 0 Å². The van der Waals surface area contributed by atoms with Crippen molar-refractivity contribution in [1.29, 1.82) is 0 Å². The molecule has 0 aliphatic heterocycles. The summed E-state index contributed by atoms with van der Waals surface area (Å²) in [7, 11) is 2.78. The Bertz CT molecular complexity index is 6250. The van der Waals surface area contributed by atoms with Crippen LogP contribution < -0.4 is 5.57 Å². The summed E-state index contributed by atoms with van der Waals surface area (Å²) in [5, 5.41) is 4.46. The lowest BCUT2D eigenvalue weighted by Crippen LogP contribution is -2.11. The molecule has 0 amide bonds. The SMILES string of the molecule is Pc1nc(-c2ccccc2)nc(-c2cccc(-c3ccccc3-c3ccccc3-c3cccc(-c4nc(-c5ccccc5)nc(-c5ccccc5)n4)c3-n3c4ccc(-c5ccccc5)cc4c4cc(-c5ccccc5)ccc43)c2-n2c3ccc(-c4ccccc4)cc3c3cc(-c4ccccc4)ccc32)n1. The van der Waals surface area contributed by atoms with Crippen molar-refractivity contribution in [3.05, 3.63) is 370 Å². The summed E-state index contributed by atoms with van der Waals surface area (Å²) in [4.78, 5) is 31.9. The molecule has 492 valence electrons. The summed E-state index contributed by atoms with van der Waals surface area (Å²) in [6.45, 7) is 0. The van der Waals surface area contributed by atoms with Gasteiger partial charge in [-0.05, 0) is 127 Å². The number of rotatable bonds is 14. The monoisotopic (exact) mass is 1360 g/mol. The second-order valence-electron chi connectivity index (χ2n) is 26.3. The highest BCUT2D eigenvalue weighted by Crippen LogP contribution is 2.49. The van der Waals surface area contributed by atoms with Crippen LogP contribution >= 0.6 is 9.24 Å². The van der Waals surface area contributed by atoms with Crippen LogP contribution in [0.1, 0.15) is 0 Å². The fraction of sp³-hybridized carbons (Fsp3) is 0. The molecule has 4 aromatic heterocycles. The van der Waals surface area contributed by atoms with Crippen molar-refractivity contribution in [2.24, 2.45) is 0 Å². The second kappa shape index (κ2) is 26.7. The molecule has 1 atom stereocenters. The molecule has 19 rings (SSSR count). The van der Waals surface area contributed by atoms with Crippen LogP contribution in [-0.2, 0) is 0 Å². The molecule has 0 bridgehead atoms. The summed E-state index contributed by atoms with van der Waals surface area (Å²) >= 11 is 0. The van der Waals surface area contributed by atoms with Gasteiger partial charge in [0, 0.05) is 60.5 Å². The van der Waals surface area contributed by atoms with E-state index in [-0.39, 0.29) is 0 Å². The Balaban J connectivity index is 0.891. The van der Waals surface area contributed by atoms with Crippen LogP contribution in [0.4, 0.5) is 0 Å². The predicted octanol–water partition coefficient (Wildman–Crippen LogP) is 23.8. The normalized spacial score (nSPS) is 11.5. The zero-order valence-corrected chi connectivity index (χ0v) is 58.0. The molecule has 0 saturated carbocycles. The van der Waals surface area contributed by atoms with Crippen molar-refractivity contribution in [2.75, 3.05) is 0 Å². The molecular formula is C96H63N8P. The van der Waals surface area contributed by atoms with Crippen LogP contribution in [0.2, 0.25) is 0 Å². The Morgan fingerprint density at radius 1 is 0.171 bits per heavy atom. The summed E-state index contributed by atoms with van der Waals surface area (Å²) in [6.07, 6.45) is 0. The first-order chi connectivity index (χ1) is 52.0. The van der Waals surface area contributed by atoms with Crippen LogP contribution in [-0.4, -0.2) is 39.0 Å². The first-order valence-electron chi connectivity index (χ1n) is 35.3.